The van der Waals surface area contributed by atoms with Crippen LogP contribution in [0, 0.1) is 5.92 Å². The largest absolute Gasteiger partial charge is 0.378 e. The van der Waals surface area contributed by atoms with E-state index in [0.717, 1.165) is 28.4 Å². The third kappa shape index (κ3) is 5.73. The lowest BCUT2D eigenvalue weighted by molar-refractivity contribution is 0.0279. The Hall–Kier alpha value is -5.33. The minimum Gasteiger partial charge on any atom is -0.378 e. The molecule has 1 N–H and O–H groups in total. The van der Waals surface area contributed by atoms with Gasteiger partial charge in [0.1, 0.15) is 11.1 Å². The van der Waals surface area contributed by atoms with Crippen molar-refractivity contribution in [1.82, 2.24) is 14.5 Å². The lowest BCUT2D eigenvalue weighted by Crippen LogP contribution is -2.42. The van der Waals surface area contributed by atoms with Crippen LogP contribution in [0.15, 0.2) is 134 Å². The number of amides is 1. The number of carbonyl (C=O) groups is 2. The van der Waals surface area contributed by atoms with E-state index >= 15 is 0 Å². The van der Waals surface area contributed by atoms with Gasteiger partial charge in [-0.1, -0.05) is 123 Å². The van der Waals surface area contributed by atoms with E-state index in [1.54, 1.807) is 11.0 Å². The second-order valence-corrected chi connectivity index (χ2v) is 13.9. The standard InChI is InChI=1S/C44H45N3O3/c1-30(2)44(50,37-23-25-38-33(26-37)22-24-39(40(38)28-48)42(49)47(31(3)4)32(5)6)41-27-46(29-45-41)43(34-16-10-7-11-17-34,35-18-12-8-13-19-35)36-20-14-9-15-21-36/h7-32,50H,1-6H3. The van der Waals surface area contributed by atoms with Crippen molar-refractivity contribution in [3.8, 4) is 0 Å². The number of imidazole rings is 1. The fourth-order valence-corrected chi connectivity index (χ4v) is 7.57. The van der Waals surface area contributed by atoms with Crippen molar-refractivity contribution >= 4 is 23.0 Å². The predicted octanol–water partition coefficient (Wildman–Crippen LogP) is 8.84. The smallest absolute Gasteiger partial charge is 0.255 e. The van der Waals surface area contributed by atoms with Gasteiger partial charge in [-0.3, -0.25) is 9.59 Å². The molecule has 0 saturated heterocycles. The van der Waals surface area contributed by atoms with Crippen LogP contribution in [0.25, 0.3) is 10.8 Å². The summed E-state index contributed by atoms with van der Waals surface area (Å²) in [5.74, 6) is -0.439. The molecule has 5 aromatic carbocycles. The first-order chi connectivity index (χ1) is 24.0. The summed E-state index contributed by atoms with van der Waals surface area (Å²) < 4.78 is 2.11. The van der Waals surface area contributed by atoms with E-state index in [-0.39, 0.29) is 23.9 Å². The normalized spacial score (nSPS) is 13.2. The van der Waals surface area contributed by atoms with Gasteiger partial charge in [-0.15, -0.1) is 0 Å². The molecule has 0 saturated carbocycles. The Bertz CT molecular complexity index is 2000. The number of aromatic nitrogens is 2. The summed E-state index contributed by atoms with van der Waals surface area (Å²) in [5, 5.41) is 14.2. The van der Waals surface area contributed by atoms with Gasteiger partial charge in [0, 0.05) is 23.8 Å². The lowest BCUT2D eigenvalue weighted by atomic mass is 9.76. The molecular weight excluding hydrogens is 619 g/mol. The Morgan fingerprint density at radius 1 is 0.720 bits per heavy atom. The summed E-state index contributed by atoms with van der Waals surface area (Å²) >= 11 is 0. The third-order valence-electron chi connectivity index (χ3n) is 9.97. The van der Waals surface area contributed by atoms with E-state index in [0.29, 0.717) is 27.8 Å². The summed E-state index contributed by atoms with van der Waals surface area (Å²) in [6.45, 7) is 11.9. The molecule has 6 nitrogen and oxygen atoms in total. The highest BCUT2D eigenvalue weighted by molar-refractivity contribution is 6.10. The number of aliphatic hydroxyl groups is 1. The molecule has 1 amide bonds. The van der Waals surface area contributed by atoms with Crippen LogP contribution in [0.4, 0.5) is 0 Å². The van der Waals surface area contributed by atoms with E-state index in [9.17, 15) is 14.7 Å². The highest BCUT2D eigenvalue weighted by Gasteiger charge is 2.42. The average molecular weight is 664 g/mol. The van der Waals surface area contributed by atoms with Gasteiger partial charge >= 0.3 is 0 Å². The number of hydrogen-bond acceptors (Lipinski definition) is 4. The Labute approximate surface area is 295 Å². The van der Waals surface area contributed by atoms with Crippen molar-refractivity contribution in [3.05, 3.63) is 173 Å². The Morgan fingerprint density at radius 3 is 1.70 bits per heavy atom. The summed E-state index contributed by atoms with van der Waals surface area (Å²) in [6.07, 6.45) is 4.54. The first kappa shape index (κ1) is 34.5. The van der Waals surface area contributed by atoms with Crippen molar-refractivity contribution in [2.45, 2.75) is 64.8 Å². The van der Waals surface area contributed by atoms with Crippen molar-refractivity contribution in [1.29, 1.82) is 0 Å². The first-order valence-corrected chi connectivity index (χ1v) is 17.3. The molecule has 1 aromatic heterocycles. The van der Waals surface area contributed by atoms with Gasteiger partial charge in [0.2, 0.25) is 0 Å². The van der Waals surface area contributed by atoms with E-state index < -0.39 is 11.1 Å². The fraction of sp³-hybridized carbons (Fsp3) is 0.250. The zero-order chi connectivity index (χ0) is 35.6. The van der Waals surface area contributed by atoms with Crippen LogP contribution in [-0.4, -0.2) is 43.8 Å². The molecule has 0 bridgehead atoms. The molecule has 6 heteroatoms. The average Bonchev–Trinajstić information content (AvgIpc) is 3.63. The van der Waals surface area contributed by atoms with Crippen LogP contribution in [0.3, 0.4) is 0 Å². The van der Waals surface area contributed by atoms with Gasteiger partial charge in [-0.25, -0.2) is 4.98 Å². The molecular formula is C44H45N3O3. The zero-order valence-corrected chi connectivity index (χ0v) is 29.6. The van der Waals surface area contributed by atoms with Crippen LogP contribution >= 0.6 is 0 Å². The van der Waals surface area contributed by atoms with Crippen LogP contribution < -0.4 is 0 Å². The number of rotatable bonds is 11. The summed E-state index contributed by atoms with van der Waals surface area (Å²) in [5.41, 5.74) is 2.79. The monoisotopic (exact) mass is 663 g/mol. The molecule has 0 aliphatic heterocycles. The van der Waals surface area contributed by atoms with E-state index in [1.165, 1.54) is 0 Å². The van der Waals surface area contributed by atoms with Crippen molar-refractivity contribution < 1.29 is 14.7 Å². The fourth-order valence-electron chi connectivity index (χ4n) is 7.57. The summed E-state index contributed by atoms with van der Waals surface area (Å²) in [7, 11) is 0. The molecule has 1 heterocycles. The predicted molar refractivity (Wildman–Crippen MR) is 200 cm³/mol. The molecule has 1 unspecified atom stereocenters. The molecule has 0 spiro atoms. The molecule has 6 aromatic rings. The Morgan fingerprint density at radius 2 is 1.24 bits per heavy atom. The minimum atomic E-state index is -1.48. The molecule has 0 aliphatic rings. The van der Waals surface area contributed by atoms with Gasteiger partial charge < -0.3 is 14.6 Å². The maximum atomic E-state index is 13.7. The highest BCUT2D eigenvalue weighted by atomic mass is 16.3. The SMILES string of the molecule is CC(C)N(C(=O)c1ccc2cc(C(O)(c3cn(C(c4ccccc4)(c4ccccc4)c4ccccc4)cn3)C(C)C)ccc2c1C=O)C(C)C. The molecule has 254 valence electrons. The number of nitrogens with zero attached hydrogens (tertiary/aromatic N) is 3. The molecule has 0 fully saturated rings. The maximum Gasteiger partial charge on any atom is 0.255 e. The number of fused-ring (bicyclic) bond motifs is 1. The second-order valence-electron chi connectivity index (χ2n) is 13.9. The molecule has 6 rings (SSSR count). The Kier molecular flexibility index (Phi) is 9.59. The number of carbonyl (C=O) groups excluding carboxylic acids is 2. The topological polar surface area (TPSA) is 75.4 Å². The molecule has 0 aliphatic carbocycles. The van der Waals surface area contributed by atoms with E-state index in [4.69, 9.17) is 4.98 Å². The van der Waals surface area contributed by atoms with Gasteiger partial charge in [-0.2, -0.15) is 0 Å². The number of hydrogen-bond donors (Lipinski definition) is 1. The first-order valence-electron chi connectivity index (χ1n) is 17.3. The minimum absolute atomic E-state index is 0.0228. The molecule has 0 radical (unpaired) electrons. The van der Waals surface area contributed by atoms with E-state index in [2.05, 4.69) is 41.0 Å². The van der Waals surface area contributed by atoms with Crippen molar-refractivity contribution in [3.63, 3.8) is 0 Å². The van der Waals surface area contributed by atoms with Gasteiger partial charge in [-0.05, 0) is 78.8 Å². The summed E-state index contributed by atoms with van der Waals surface area (Å²) in [6, 6.07) is 40.2. The highest BCUT2D eigenvalue weighted by Crippen LogP contribution is 2.43. The van der Waals surface area contributed by atoms with Gasteiger partial charge in [0.25, 0.3) is 5.91 Å². The number of benzene rings is 5. The van der Waals surface area contributed by atoms with Gasteiger partial charge in [0.15, 0.2) is 6.29 Å². The maximum absolute atomic E-state index is 13.7. The Balaban J connectivity index is 1.52. The van der Waals surface area contributed by atoms with Crippen LogP contribution in [0.5, 0.6) is 0 Å². The van der Waals surface area contributed by atoms with Crippen LogP contribution in [0.2, 0.25) is 0 Å². The van der Waals surface area contributed by atoms with Crippen LogP contribution in [-0.2, 0) is 11.1 Å². The molecule has 1 atom stereocenters. The van der Waals surface area contributed by atoms with Crippen LogP contribution in [0.1, 0.15) is 90.2 Å². The quantitative estimate of drug-likeness (QED) is 0.111. The second kappa shape index (κ2) is 13.9. The van der Waals surface area contributed by atoms with E-state index in [1.807, 2.05) is 133 Å². The van der Waals surface area contributed by atoms with Gasteiger partial charge in [0.05, 0.1) is 17.6 Å². The summed E-state index contributed by atoms with van der Waals surface area (Å²) in [4.78, 5) is 32.9. The zero-order valence-electron chi connectivity index (χ0n) is 29.6. The van der Waals surface area contributed by atoms with Crippen molar-refractivity contribution in [2.24, 2.45) is 5.92 Å². The number of aldehydes is 1. The van der Waals surface area contributed by atoms with Crippen molar-refractivity contribution in [2.75, 3.05) is 0 Å². The lowest BCUT2D eigenvalue weighted by Gasteiger charge is -2.37. The third-order valence-corrected chi connectivity index (χ3v) is 9.97. The molecule has 50 heavy (non-hydrogen) atoms.